The molecule has 1 aliphatic rings. The Hall–Kier alpha value is -0.126. The van der Waals surface area contributed by atoms with Gasteiger partial charge in [0.15, 0.2) is 8.32 Å². The second kappa shape index (κ2) is 4.03. The highest BCUT2D eigenvalue weighted by molar-refractivity contribution is 6.69. The average molecular weight is 240 g/mol. The van der Waals surface area contributed by atoms with Crippen LogP contribution in [-0.4, -0.2) is 24.2 Å². The van der Waals surface area contributed by atoms with Crippen LogP contribution in [0.5, 0.6) is 0 Å². The third-order valence-electron chi connectivity index (χ3n) is 3.25. The van der Waals surface area contributed by atoms with Crippen LogP contribution in [0.25, 0.3) is 0 Å². The Balaban J connectivity index is 3.09. The maximum absolute atomic E-state index is 6.42. The molecule has 0 spiro atoms. The molecule has 1 rings (SSSR count). The molecule has 15 heavy (non-hydrogen) atoms. The second-order valence-corrected chi connectivity index (χ2v) is 11.0. The van der Waals surface area contributed by atoms with Crippen molar-refractivity contribution in [2.24, 2.45) is 0 Å². The first-order valence-electron chi connectivity index (χ1n) is 5.80. The van der Waals surface area contributed by atoms with E-state index in [0.717, 1.165) is 16.7 Å². The summed E-state index contributed by atoms with van der Waals surface area (Å²) in [7, 11) is -0.349. The summed E-state index contributed by atoms with van der Waals surface area (Å²) in [6, 6.07) is 0. The number of hydrogen-bond donors (Lipinski definition) is 0. The molecular weight excluding hydrogens is 216 g/mol. The lowest BCUT2D eigenvalue weighted by atomic mass is 9.94. The summed E-state index contributed by atoms with van der Waals surface area (Å²) in [6.45, 7) is 13.5. The van der Waals surface area contributed by atoms with Gasteiger partial charge in [-0.2, -0.15) is 0 Å². The molecule has 3 heteroatoms. The Morgan fingerprint density at radius 2 is 1.87 bits per heavy atom. The Labute approximate surface area is 98.2 Å². The molecule has 0 N–H and O–H groups in total. The first-order valence-corrected chi connectivity index (χ1v) is 10.2. The van der Waals surface area contributed by atoms with Crippen molar-refractivity contribution in [2.75, 3.05) is 0 Å². The van der Waals surface area contributed by atoms with Crippen LogP contribution in [0, 0.1) is 0 Å². The Kier molecular flexibility index (Phi) is 3.48. The largest absolute Gasteiger partial charge is 0.405 e. The van der Waals surface area contributed by atoms with Gasteiger partial charge in [-0.25, -0.2) is 0 Å². The maximum atomic E-state index is 6.42. The summed E-state index contributed by atoms with van der Waals surface area (Å²) in [5, 5.41) is 1.52. The minimum Gasteiger partial charge on any atom is -0.405 e. The van der Waals surface area contributed by atoms with Crippen LogP contribution in [0.3, 0.4) is 0 Å². The molecule has 0 heterocycles. The molecule has 0 radical (unpaired) electrons. The molecular formula is C12H24OSi2. The lowest BCUT2D eigenvalue weighted by Gasteiger charge is -2.36. The molecule has 1 aliphatic carbocycles. The van der Waals surface area contributed by atoms with Gasteiger partial charge in [0, 0.05) is 10.2 Å². The summed E-state index contributed by atoms with van der Waals surface area (Å²) in [5.74, 6) is 0. The first kappa shape index (κ1) is 12.9. The van der Waals surface area contributed by atoms with Gasteiger partial charge in [0.05, 0.1) is 5.60 Å². The topological polar surface area (TPSA) is 9.23 Å². The number of rotatable bonds is 3. The molecule has 0 fully saturated rings. The molecule has 0 saturated heterocycles. The van der Waals surface area contributed by atoms with E-state index in [-0.39, 0.29) is 5.60 Å². The minimum atomic E-state index is -1.48. The van der Waals surface area contributed by atoms with Gasteiger partial charge in [-0.05, 0) is 45.5 Å². The molecule has 0 bridgehead atoms. The van der Waals surface area contributed by atoms with E-state index < -0.39 is 8.32 Å². The van der Waals surface area contributed by atoms with Gasteiger partial charge in [-0.1, -0.05) is 23.8 Å². The molecule has 0 aromatic carbocycles. The van der Waals surface area contributed by atoms with Gasteiger partial charge in [-0.15, -0.1) is 0 Å². The van der Waals surface area contributed by atoms with E-state index in [1.165, 1.54) is 16.3 Å². The summed E-state index contributed by atoms with van der Waals surface area (Å²) >= 11 is 0. The van der Waals surface area contributed by atoms with Crippen LogP contribution in [-0.2, 0) is 4.43 Å². The summed E-state index contributed by atoms with van der Waals surface area (Å²) in [4.78, 5) is 0. The van der Waals surface area contributed by atoms with Crippen molar-refractivity contribution in [1.82, 2.24) is 0 Å². The zero-order valence-corrected chi connectivity index (χ0v) is 14.2. The molecule has 1 unspecified atom stereocenters. The smallest absolute Gasteiger partial charge is 0.185 e. The average Bonchev–Trinajstić information content (AvgIpc) is 2.29. The third kappa shape index (κ3) is 2.52. The molecule has 0 aromatic rings. The maximum Gasteiger partial charge on any atom is 0.185 e. The van der Waals surface area contributed by atoms with Crippen LogP contribution < -0.4 is 0 Å². The van der Waals surface area contributed by atoms with Gasteiger partial charge in [0.1, 0.15) is 0 Å². The second-order valence-electron chi connectivity index (χ2n) is 5.53. The van der Waals surface area contributed by atoms with Gasteiger partial charge in [0.2, 0.25) is 0 Å². The van der Waals surface area contributed by atoms with Gasteiger partial charge < -0.3 is 4.43 Å². The fourth-order valence-electron chi connectivity index (χ4n) is 2.27. The van der Waals surface area contributed by atoms with Crippen LogP contribution in [0.15, 0.2) is 22.4 Å². The highest BCUT2D eigenvalue weighted by Crippen LogP contribution is 2.39. The van der Waals surface area contributed by atoms with Gasteiger partial charge in [-0.3, -0.25) is 0 Å². The van der Waals surface area contributed by atoms with Crippen molar-refractivity contribution in [3.63, 3.8) is 0 Å². The fourth-order valence-corrected chi connectivity index (χ4v) is 4.56. The molecule has 86 valence electrons. The van der Waals surface area contributed by atoms with Crippen molar-refractivity contribution in [1.29, 1.82) is 0 Å². The van der Waals surface area contributed by atoms with Gasteiger partial charge in [0.25, 0.3) is 0 Å². The molecule has 0 aliphatic heterocycles. The van der Waals surface area contributed by atoms with E-state index in [2.05, 4.69) is 46.5 Å². The monoisotopic (exact) mass is 240 g/mol. The highest BCUT2D eigenvalue weighted by atomic mass is 28.4. The Bertz CT molecular complexity index is 323. The zero-order chi connectivity index (χ0) is 11.9. The summed E-state index contributed by atoms with van der Waals surface area (Å²) in [5.41, 5.74) is 2.85. The summed E-state index contributed by atoms with van der Waals surface area (Å²) in [6.07, 6.45) is 3.44. The van der Waals surface area contributed by atoms with E-state index in [9.17, 15) is 0 Å². The van der Waals surface area contributed by atoms with E-state index >= 15 is 0 Å². The standard InChI is InChI=1S/C12H24OSi2/c1-7-12(13-15(4,5)6)8-11(14)9(2)10(12)3/h8H,7H2,1-6,14H3. The van der Waals surface area contributed by atoms with Crippen LogP contribution in [0.2, 0.25) is 19.6 Å². The third-order valence-corrected chi connectivity index (χ3v) is 5.27. The van der Waals surface area contributed by atoms with E-state index in [1.807, 2.05) is 0 Å². The SMILES string of the molecule is CCC1(O[Si](C)(C)C)C=C([SiH3])C(C)=C1C. The van der Waals surface area contributed by atoms with Crippen molar-refractivity contribution >= 4 is 18.6 Å². The Morgan fingerprint density at radius 3 is 2.13 bits per heavy atom. The predicted octanol–water partition coefficient (Wildman–Crippen LogP) is 2.59. The molecule has 1 atom stereocenters. The van der Waals surface area contributed by atoms with E-state index in [1.54, 1.807) is 0 Å². The van der Waals surface area contributed by atoms with Crippen molar-refractivity contribution in [2.45, 2.75) is 52.4 Å². The van der Waals surface area contributed by atoms with Gasteiger partial charge >= 0.3 is 0 Å². The van der Waals surface area contributed by atoms with E-state index in [4.69, 9.17) is 4.43 Å². The van der Waals surface area contributed by atoms with Crippen molar-refractivity contribution in [3.05, 3.63) is 22.4 Å². The van der Waals surface area contributed by atoms with E-state index in [0.29, 0.717) is 0 Å². The molecule has 0 amide bonds. The number of hydrogen-bond acceptors (Lipinski definition) is 1. The minimum absolute atomic E-state index is 0.0639. The molecule has 1 nitrogen and oxygen atoms in total. The molecule has 0 saturated carbocycles. The van der Waals surface area contributed by atoms with Crippen LogP contribution in [0.1, 0.15) is 27.2 Å². The quantitative estimate of drug-likeness (QED) is 0.689. The zero-order valence-electron chi connectivity index (χ0n) is 11.2. The molecule has 0 aromatic heterocycles. The van der Waals surface area contributed by atoms with Crippen LogP contribution >= 0.6 is 0 Å². The predicted molar refractivity (Wildman–Crippen MR) is 73.8 cm³/mol. The summed E-state index contributed by atoms with van der Waals surface area (Å²) < 4.78 is 6.42. The lowest BCUT2D eigenvalue weighted by Crippen LogP contribution is -2.41. The first-order chi connectivity index (χ1) is 6.72. The Morgan fingerprint density at radius 1 is 1.33 bits per heavy atom. The lowest BCUT2D eigenvalue weighted by molar-refractivity contribution is 0.148. The highest BCUT2D eigenvalue weighted by Gasteiger charge is 2.38. The van der Waals surface area contributed by atoms with Crippen molar-refractivity contribution < 1.29 is 4.43 Å². The fraction of sp³-hybridized carbons (Fsp3) is 0.667. The van der Waals surface area contributed by atoms with Crippen molar-refractivity contribution in [3.8, 4) is 0 Å². The van der Waals surface area contributed by atoms with Crippen LogP contribution in [0.4, 0.5) is 0 Å². The normalized spacial score (nSPS) is 27.5. The number of allylic oxidation sites excluding steroid dienone is 2.